The summed E-state index contributed by atoms with van der Waals surface area (Å²) in [5.74, 6) is -1.36. The molecule has 2 heterocycles. The number of Topliss-reactive ketones (excluding diaryl/α,β-unsaturated/α-hetero) is 1. The van der Waals surface area contributed by atoms with Crippen LogP contribution in [-0.2, 0) is 42.4 Å². The first-order valence-corrected chi connectivity index (χ1v) is 21.3. The molecule has 298 valence electrons. The van der Waals surface area contributed by atoms with Crippen LogP contribution in [0.15, 0.2) is 60.7 Å². The van der Waals surface area contributed by atoms with Crippen molar-refractivity contribution >= 4 is 24.5 Å². The number of carbonyl (C=O) groups excluding carboxylic acids is 1. The molecule has 0 saturated carbocycles. The Balaban J connectivity index is 1.53. The Kier molecular flexibility index (Phi) is 16.2. The first kappa shape index (κ1) is 43.7. The zero-order chi connectivity index (χ0) is 38.7. The lowest BCUT2D eigenvalue weighted by atomic mass is 9.76. The van der Waals surface area contributed by atoms with Crippen LogP contribution in [0.25, 0.3) is 0 Å². The smallest absolute Gasteiger partial charge is 0.261 e. The number of benzene rings is 2. The van der Waals surface area contributed by atoms with Gasteiger partial charge in [-0.2, -0.15) is 0 Å². The molecular weight excluding hydrogens is 693 g/mol. The predicted octanol–water partition coefficient (Wildman–Crippen LogP) is 6.00. The molecule has 2 aliphatic heterocycles. The van der Waals surface area contributed by atoms with E-state index in [4.69, 9.17) is 37.6 Å². The fourth-order valence-electron chi connectivity index (χ4n) is 7.57. The van der Waals surface area contributed by atoms with Gasteiger partial charge in [0.2, 0.25) is 0 Å². The Bertz CT molecular complexity index is 1320. The van der Waals surface area contributed by atoms with E-state index >= 15 is 0 Å². The fraction of sp³-hybridized carbons (Fsp3) is 0.690. The average Bonchev–Trinajstić information content (AvgIpc) is 3.49. The third kappa shape index (κ3) is 11.5. The number of carbonyl (C=O) groups is 1. The van der Waals surface area contributed by atoms with Crippen molar-refractivity contribution in [2.24, 2.45) is 11.3 Å². The minimum Gasteiger partial charge on any atom is -0.407 e. The molecule has 0 bridgehead atoms. The number of aliphatic hydroxyl groups excluding tert-OH is 1. The maximum absolute atomic E-state index is 14.2. The molecule has 0 aromatic heterocycles. The van der Waals surface area contributed by atoms with Gasteiger partial charge in [-0.1, -0.05) is 102 Å². The number of aliphatic hydroxyl groups is 1. The molecule has 2 aliphatic rings. The summed E-state index contributed by atoms with van der Waals surface area (Å²) in [6.45, 7) is 18.2. The summed E-state index contributed by atoms with van der Waals surface area (Å²) in [7, 11) is -1.19. The second-order valence-corrected chi connectivity index (χ2v) is 20.8. The quantitative estimate of drug-likeness (QED) is 0.0925. The lowest BCUT2D eigenvalue weighted by molar-refractivity contribution is -0.207. The van der Waals surface area contributed by atoms with Crippen molar-refractivity contribution in [2.75, 3.05) is 46.9 Å². The van der Waals surface area contributed by atoms with Gasteiger partial charge in [0.15, 0.2) is 12.1 Å². The number of hydrogen-bond donors (Lipinski definition) is 1. The number of methoxy groups -OCH3 is 1. The summed E-state index contributed by atoms with van der Waals surface area (Å²) in [5, 5.41) is 14.0. The number of rotatable bonds is 21. The Morgan fingerprint density at radius 3 is 2.13 bits per heavy atom. The highest BCUT2D eigenvalue weighted by molar-refractivity contribution is 6.99. The van der Waals surface area contributed by atoms with Crippen LogP contribution in [0, 0.1) is 11.3 Å². The van der Waals surface area contributed by atoms with Crippen molar-refractivity contribution in [3.63, 3.8) is 0 Å². The fourth-order valence-corrected chi connectivity index (χ4v) is 12.2. The van der Waals surface area contributed by atoms with E-state index in [0.29, 0.717) is 32.8 Å². The van der Waals surface area contributed by atoms with E-state index in [-0.39, 0.29) is 36.9 Å². The second kappa shape index (κ2) is 19.7. The molecule has 10 nitrogen and oxygen atoms in total. The molecular formula is C42H66O10Si. The molecule has 2 aromatic rings. The Hall–Kier alpha value is -2.03. The lowest BCUT2D eigenvalue weighted by Gasteiger charge is -2.43. The molecule has 1 unspecified atom stereocenters. The number of ketones is 1. The van der Waals surface area contributed by atoms with Gasteiger partial charge in [0.25, 0.3) is 8.32 Å². The van der Waals surface area contributed by atoms with Gasteiger partial charge in [-0.3, -0.25) is 4.79 Å². The molecule has 6 atom stereocenters. The SMILES string of the molecule is COCCOCO[C@@H]([C@H]1COC(C)(C)O1)C(C)(C)C(=O)C[C@@H](O)[C@H](C)[C@H](CCO[Si](c1ccccc1)(c1ccccc1)C(C)(C)C)OC1CCCCO1. The standard InChI is InChI=1S/C42H66O10Si/c1-31(34(43)28-37(44)41(5,6)39(48-30-46-27-26-45-9)36-29-49-42(7,8)52-36)35(51-38-22-16-17-24-47-38)23-25-50-53(40(2,3)4,32-18-12-10-13-19-32)33-20-14-11-15-21-33/h10-15,18-21,31,34-36,38-39,43H,16-17,22-30H2,1-9H3/t31-,34+,35-,36+,38?,39-/m0/s1. The monoisotopic (exact) mass is 758 g/mol. The van der Waals surface area contributed by atoms with Gasteiger partial charge < -0.3 is 42.7 Å². The van der Waals surface area contributed by atoms with Crippen molar-refractivity contribution in [1.82, 2.24) is 0 Å². The normalized spacial score (nSPS) is 21.9. The van der Waals surface area contributed by atoms with Crippen molar-refractivity contribution in [3.05, 3.63) is 60.7 Å². The van der Waals surface area contributed by atoms with Crippen LogP contribution in [0.5, 0.6) is 0 Å². The van der Waals surface area contributed by atoms with Gasteiger partial charge in [0.05, 0.1) is 37.4 Å². The van der Waals surface area contributed by atoms with Gasteiger partial charge in [0, 0.05) is 32.7 Å². The van der Waals surface area contributed by atoms with Crippen molar-refractivity contribution in [1.29, 1.82) is 0 Å². The topological polar surface area (TPSA) is 111 Å². The average molecular weight is 759 g/mol. The predicted molar refractivity (Wildman–Crippen MR) is 208 cm³/mol. The third-order valence-electron chi connectivity index (χ3n) is 10.8. The van der Waals surface area contributed by atoms with E-state index in [0.717, 1.165) is 19.3 Å². The van der Waals surface area contributed by atoms with Crippen LogP contribution in [-0.4, -0.2) is 103 Å². The molecule has 1 N–H and O–H groups in total. The molecule has 2 saturated heterocycles. The summed E-state index contributed by atoms with van der Waals surface area (Å²) in [6, 6.07) is 21.1. The minimum absolute atomic E-state index is 0.0351. The summed E-state index contributed by atoms with van der Waals surface area (Å²) in [4.78, 5) is 14.2. The van der Waals surface area contributed by atoms with E-state index in [2.05, 4.69) is 69.3 Å². The zero-order valence-electron chi connectivity index (χ0n) is 33.6. The van der Waals surface area contributed by atoms with Crippen molar-refractivity contribution in [3.8, 4) is 0 Å². The summed E-state index contributed by atoms with van der Waals surface area (Å²) < 4.78 is 48.8. The van der Waals surface area contributed by atoms with Gasteiger partial charge >= 0.3 is 0 Å². The Morgan fingerprint density at radius 2 is 1.60 bits per heavy atom. The van der Waals surface area contributed by atoms with Gasteiger partial charge in [-0.15, -0.1) is 0 Å². The lowest BCUT2D eigenvalue weighted by Crippen LogP contribution is -2.66. The molecule has 53 heavy (non-hydrogen) atoms. The first-order chi connectivity index (χ1) is 25.1. The molecule has 0 spiro atoms. The van der Waals surface area contributed by atoms with E-state index in [1.165, 1.54) is 10.4 Å². The van der Waals surface area contributed by atoms with Crippen LogP contribution >= 0.6 is 0 Å². The van der Waals surface area contributed by atoms with Crippen LogP contribution in [0.2, 0.25) is 5.04 Å². The van der Waals surface area contributed by atoms with Crippen molar-refractivity contribution in [2.45, 2.75) is 129 Å². The zero-order valence-corrected chi connectivity index (χ0v) is 34.6. The third-order valence-corrected chi connectivity index (χ3v) is 15.8. The first-order valence-electron chi connectivity index (χ1n) is 19.4. The summed E-state index contributed by atoms with van der Waals surface area (Å²) in [6.07, 6.45) is 0.274. The molecule has 2 aromatic carbocycles. The highest BCUT2D eigenvalue weighted by Gasteiger charge is 2.51. The van der Waals surface area contributed by atoms with E-state index in [1.54, 1.807) is 7.11 Å². The highest BCUT2D eigenvalue weighted by atomic mass is 28.4. The van der Waals surface area contributed by atoms with E-state index in [1.807, 2.05) is 46.8 Å². The largest absolute Gasteiger partial charge is 0.407 e. The Labute approximate surface area is 319 Å². The maximum Gasteiger partial charge on any atom is 0.261 e. The van der Waals surface area contributed by atoms with E-state index in [9.17, 15) is 9.90 Å². The van der Waals surface area contributed by atoms with Crippen molar-refractivity contribution < 1.29 is 47.5 Å². The second-order valence-electron chi connectivity index (χ2n) is 16.5. The van der Waals surface area contributed by atoms with Gasteiger partial charge in [-0.05, 0) is 54.9 Å². The van der Waals surface area contributed by atoms with Crippen LogP contribution in [0.4, 0.5) is 0 Å². The number of hydrogen-bond acceptors (Lipinski definition) is 10. The molecule has 11 heteroatoms. The molecule has 0 radical (unpaired) electrons. The summed E-state index contributed by atoms with van der Waals surface area (Å²) >= 11 is 0. The highest BCUT2D eigenvalue weighted by Crippen LogP contribution is 2.38. The van der Waals surface area contributed by atoms with Gasteiger partial charge in [0.1, 0.15) is 24.8 Å². The van der Waals surface area contributed by atoms with Gasteiger partial charge in [-0.25, -0.2) is 0 Å². The Morgan fingerprint density at radius 1 is 0.962 bits per heavy atom. The van der Waals surface area contributed by atoms with Crippen LogP contribution in [0.1, 0.15) is 87.5 Å². The van der Waals surface area contributed by atoms with E-state index < -0.39 is 49.9 Å². The molecule has 0 amide bonds. The number of ether oxygens (including phenoxy) is 7. The minimum atomic E-state index is -2.79. The van der Waals surface area contributed by atoms with Crippen LogP contribution < -0.4 is 10.4 Å². The molecule has 4 rings (SSSR count). The molecule has 2 fully saturated rings. The van der Waals surface area contributed by atoms with Crippen LogP contribution in [0.3, 0.4) is 0 Å². The summed E-state index contributed by atoms with van der Waals surface area (Å²) in [5.41, 5.74) is -1.03. The maximum atomic E-state index is 14.2. The molecule has 0 aliphatic carbocycles.